The molecule has 5 heterocycles. The number of likely N-dealkylation sites (tertiary alicyclic amines) is 3. The van der Waals surface area contributed by atoms with Crippen LogP contribution in [0.15, 0.2) is 54.7 Å². The number of nitrogens with one attached hydrogen (secondary N) is 3. The maximum absolute atomic E-state index is 14.1. The number of aromatic nitrogens is 1. The van der Waals surface area contributed by atoms with Gasteiger partial charge < -0.3 is 45.8 Å². The largest absolute Gasteiger partial charge is 0.494 e. The average molecular weight is 1470 g/mol. The molecule has 4 aliphatic rings. The van der Waals surface area contributed by atoms with Crippen LogP contribution >= 0.6 is 34.4 Å². The lowest BCUT2D eigenvalue weighted by Gasteiger charge is -2.33. The molecule has 4 saturated heterocycles. The van der Waals surface area contributed by atoms with Crippen molar-refractivity contribution in [1.82, 2.24) is 55.2 Å². The highest BCUT2D eigenvalue weighted by Gasteiger charge is 2.47. The van der Waals surface area contributed by atoms with Crippen molar-refractivity contribution < 1.29 is 76.8 Å². The lowest BCUT2D eigenvalue weighted by atomic mass is 9.91. The number of alkyl halides is 2. The maximum atomic E-state index is 14.1. The van der Waals surface area contributed by atoms with Crippen molar-refractivity contribution in [2.24, 2.45) is 5.92 Å². The van der Waals surface area contributed by atoms with Gasteiger partial charge in [-0.2, -0.15) is 5.26 Å². The van der Waals surface area contributed by atoms with Gasteiger partial charge in [0.25, 0.3) is 11.8 Å². The predicted molar refractivity (Wildman–Crippen MR) is 360 cm³/mol. The van der Waals surface area contributed by atoms with E-state index in [1.54, 1.807) is 39.0 Å². The van der Waals surface area contributed by atoms with E-state index >= 15 is 0 Å². The Morgan fingerprint density at radius 1 is 0.740 bits per heavy atom. The number of aryl methyl sites for hydroxylation is 1. The van der Waals surface area contributed by atoms with Gasteiger partial charge in [-0.1, -0.05) is 18.6 Å². The van der Waals surface area contributed by atoms with E-state index in [2.05, 4.69) is 55.7 Å². The van der Waals surface area contributed by atoms with E-state index in [9.17, 15) is 77.3 Å². The number of pyridine rings is 1. The molecule has 96 heavy (non-hydrogen) atoms. The van der Waals surface area contributed by atoms with Crippen molar-refractivity contribution >= 4 is 105 Å². The first kappa shape index (κ1) is 76.2. The number of carboxylic acids is 3. The number of thioether (sulfide) groups is 1. The topological polar surface area (TPSA) is 336 Å². The molecule has 524 valence electrons. The first-order valence-electron chi connectivity index (χ1n) is 33.0. The highest BCUT2D eigenvalue weighted by molar-refractivity contribution is 14.1. The van der Waals surface area contributed by atoms with Gasteiger partial charge in [0.1, 0.15) is 11.8 Å². The molecule has 0 spiro atoms. The number of halogens is 3. The van der Waals surface area contributed by atoms with E-state index < -0.39 is 72.5 Å². The summed E-state index contributed by atoms with van der Waals surface area (Å²) in [5.74, 6) is -7.72. The number of nitrogens with zero attached hydrogens (tertiary/aromatic N) is 9. The fourth-order valence-corrected chi connectivity index (χ4v) is 14.0. The standard InChI is InChI=1S/C66H89F2IN12O14S/c67-66(68)37-50(38-70)81(45-66)60(86)39-73-64(93)52-18-22-71-54-17-16-51(35-53(52)54)95-34-4-2-7-47-19-24-79(25-20-47)58(84)11-6-23-80-59(85)36-55(65(80)94)96-44-49(9-1-3-21-72-56(82)10-5-8-46-12-14-48(69)15-13-46)74-57(83)40-75-26-28-76(41-61(87)88)30-32-78(43-63(91)92)33-31-77(29-27-75)42-62(89)90/h12-18,22,35,47,49-50,55H,1-11,19-21,23-34,36-37,39-45H2,(H,72,82)(H,73,93)(H,74,83)(H,87,88)(H,89,90)(H,91,92)/t49?,50-,55?/m1/s1. The molecule has 1 aromatic heterocycles. The number of hydrogen-bond acceptors (Lipinski definition) is 18. The van der Waals surface area contributed by atoms with Crippen molar-refractivity contribution in [2.45, 2.75) is 120 Å². The van der Waals surface area contributed by atoms with Gasteiger partial charge in [0.05, 0.1) is 68.3 Å². The number of benzene rings is 2. The zero-order chi connectivity index (χ0) is 69.2. The Labute approximate surface area is 575 Å². The number of hydrogen-bond donors (Lipinski definition) is 6. The number of carbonyl (C=O) groups is 10. The number of piperidine rings is 1. The highest BCUT2D eigenvalue weighted by atomic mass is 127. The molecule has 6 N–H and O–H groups in total. The molecule has 30 heteroatoms. The summed E-state index contributed by atoms with van der Waals surface area (Å²) in [5.41, 5.74) is 1.88. The molecular formula is C66H89F2IN12O14S. The first-order valence-corrected chi connectivity index (χ1v) is 35.1. The van der Waals surface area contributed by atoms with E-state index in [0.29, 0.717) is 87.3 Å². The van der Waals surface area contributed by atoms with Crippen LogP contribution in [-0.4, -0.2) is 267 Å². The number of fused-ring (bicyclic) bond motifs is 1. The molecule has 0 saturated carbocycles. The van der Waals surface area contributed by atoms with Crippen molar-refractivity contribution in [1.29, 1.82) is 5.26 Å². The van der Waals surface area contributed by atoms with Crippen LogP contribution in [-0.2, 0) is 49.6 Å². The summed E-state index contributed by atoms with van der Waals surface area (Å²) >= 11 is 3.53. The summed E-state index contributed by atoms with van der Waals surface area (Å²) in [6.07, 6.45) is 8.90. The number of unbranched alkanes of at least 4 members (excludes halogenated alkanes) is 2. The Hall–Kier alpha value is -7.18. The SMILES string of the molecule is N#C[C@H]1CC(F)(F)CN1C(=O)CNC(=O)c1ccnc2ccc(OCCCCC3CCN(C(=O)CCCN4C(=O)CC(SCC(CCCCNC(=O)CCCc5ccc(I)cc5)NC(=O)CN5CCN(CC(=O)O)CCN(CC(=O)O)CCN(CC(=O)O)CC5)C4=O)CC3)cc12. The molecule has 7 amide bonds. The summed E-state index contributed by atoms with van der Waals surface area (Å²) < 4.78 is 35.0. The maximum Gasteiger partial charge on any atom is 0.317 e. The number of ether oxygens (including phenoxy) is 1. The van der Waals surface area contributed by atoms with Crippen LogP contribution in [0.25, 0.3) is 10.9 Å². The quantitative estimate of drug-likeness (QED) is 0.0279. The second-order valence-electron chi connectivity index (χ2n) is 25.0. The molecule has 0 radical (unpaired) electrons. The number of carboxylic acid groups (broad SMARTS) is 3. The van der Waals surface area contributed by atoms with E-state index in [1.807, 2.05) is 21.9 Å². The first-order chi connectivity index (χ1) is 46.0. The molecule has 3 atom stereocenters. The molecule has 0 bridgehead atoms. The summed E-state index contributed by atoms with van der Waals surface area (Å²) in [6.45, 7) is 1.45. The van der Waals surface area contributed by atoms with E-state index in [1.165, 1.54) is 28.9 Å². The summed E-state index contributed by atoms with van der Waals surface area (Å²) in [5, 5.41) is 46.6. The van der Waals surface area contributed by atoms with Crippen LogP contribution < -0.4 is 20.7 Å². The molecule has 4 aliphatic heterocycles. The van der Waals surface area contributed by atoms with Gasteiger partial charge in [0.2, 0.25) is 35.4 Å². The fourth-order valence-electron chi connectivity index (χ4n) is 12.3. The highest BCUT2D eigenvalue weighted by Crippen LogP contribution is 2.32. The van der Waals surface area contributed by atoms with Gasteiger partial charge in [0, 0.05) is 131 Å². The summed E-state index contributed by atoms with van der Waals surface area (Å²) in [6, 6.07) is 14.8. The molecule has 3 aromatic rings. The number of amides is 7. The van der Waals surface area contributed by atoms with Gasteiger partial charge in [-0.15, -0.1) is 11.8 Å². The minimum absolute atomic E-state index is 0.0360. The molecule has 2 aromatic carbocycles. The Morgan fingerprint density at radius 2 is 1.38 bits per heavy atom. The van der Waals surface area contributed by atoms with Crippen molar-refractivity contribution in [2.75, 3.05) is 130 Å². The third kappa shape index (κ3) is 25.7. The van der Waals surface area contributed by atoms with E-state index in [0.717, 1.165) is 52.6 Å². The molecule has 26 nitrogen and oxygen atoms in total. The molecule has 0 aliphatic carbocycles. The second-order valence-corrected chi connectivity index (χ2v) is 27.5. The van der Waals surface area contributed by atoms with Gasteiger partial charge in [-0.05, 0) is 135 Å². The van der Waals surface area contributed by atoms with Crippen LogP contribution in [0.1, 0.15) is 106 Å². The lowest BCUT2D eigenvalue weighted by Crippen LogP contribution is -2.50. The van der Waals surface area contributed by atoms with Gasteiger partial charge in [-0.25, -0.2) is 8.78 Å². The molecule has 2 unspecified atom stereocenters. The van der Waals surface area contributed by atoms with Gasteiger partial charge >= 0.3 is 17.9 Å². The normalized spacial score (nSPS) is 19.1. The van der Waals surface area contributed by atoms with Crippen LogP contribution in [0.3, 0.4) is 0 Å². The third-order valence-corrected chi connectivity index (χ3v) is 19.7. The van der Waals surface area contributed by atoms with Crippen LogP contribution in [0.4, 0.5) is 8.78 Å². The van der Waals surface area contributed by atoms with Crippen LogP contribution in [0, 0.1) is 20.8 Å². The molecule has 4 fully saturated rings. The Bertz CT molecular complexity index is 3180. The number of carbonyl (C=O) groups excluding carboxylic acids is 7. The minimum atomic E-state index is -3.18. The zero-order valence-electron chi connectivity index (χ0n) is 54.2. The van der Waals surface area contributed by atoms with Crippen molar-refractivity contribution in [3.63, 3.8) is 0 Å². The lowest BCUT2D eigenvalue weighted by molar-refractivity contribution is -0.140. The second kappa shape index (κ2) is 38.7. The molecular weight excluding hydrogens is 1380 g/mol. The number of nitriles is 1. The summed E-state index contributed by atoms with van der Waals surface area (Å²) in [4.78, 5) is 144. The monoisotopic (exact) mass is 1470 g/mol. The van der Waals surface area contributed by atoms with E-state index in [-0.39, 0.29) is 139 Å². The van der Waals surface area contributed by atoms with Gasteiger partial charge in [-0.3, -0.25) is 77.4 Å². The molecule has 7 rings (SSSR count). The fraction of sp³-hybridized carbons (Fsp3) is 0.606. The van der Waals surface area contributed by atoms with Gasteiger partial charge in [0.15, 0.2) is 0 Å². The Balaban J connectivity index is 0.839. The number of imide groups is 1. The number of rotatable bonds is 34. The third-order valence-electron chi connectivity index (χ3n) is 17.6. The summed E-state index contributed by atoms with van der Waals surface area (Å²) in [7, 11) is 0. The number of aliphatic carboxylic acids is 3. The van der Waals surface area contributed by atoms with Crippen LogP contribution in [0.5, 0.6) is 5.75 Å². The van der Waals surface area contributed by atoms with Crippen molar-refractivity contribution in [3.8, 4) is 11.8 Å². The Kier molecular flexibility index (Phi) is 30.7. The van der Waals surface area contributed by atoms with E-state index in [4.69, 9.17) is 4.74 Å². The van der Waals surface area contributed by atoms with Crippen LogP contribution in [0.2, 0.25) is 0 Å². The minimum Gasteiger partial charge on any atom is -0.494 e. The zero-order valence-corrected chi connectivity index (χ0v) is 57.1. The smallest absolute Gasteiger partial charge is 0.317 e. The Morgan fingerprint density at radius 3 is 2.00 bits per heavy atom. The average Bonchev–Trinajstić information content (AvgIpc) is 1.31. The van der Waals surface area contributed by atoms with Crippen molar-refractivity contribution in [3.05, 3.63) is 69.4 Å². The predicted octanol–water partition coefficient (Wildman–Crippen LogP) is 4.03.